The van der Waals surface area contributed by atoms with Gasteiger partial charge in [0.25, 0.3) is 0 Å². The van der Waals surface area contributed by atoms with Gasteiger partial charge in [0.2, 0.25) is 0 Å². The van der Waals surface area contributed by atoms with Gasteiger partial charge in [-0.3, -0.25) is 4.90 Å². The van der Waals surface area contributed by atoms with Crippen LogP contribution in [-0.4, -0.2) is 37.1 Å². The van der Waals surface area contributed by atoms with Gasteiger partial charge in [-0.1, -0.05) is 34.1 Å². The van der Waals surface area contributed by atoms with E-state index >= 15 is 0 Å². The molecule has 0 aliphatic carbocycles. The summed E-state index contributed by atoms with van der Waals surface area (Å²) < 4.78 is 0. The van der Waals surface area contributed by atoms with Gasteiger partial charge < -0.3 is 5.32 Å². The fraction of sp³-hybridized carbons (Fsp3) is 1.00. The van der Waals surface area contributed by atoms with Gasteiger partial charge in [0.1, 0.15) is 0 Å². The Labute approximate surface area is 121 Å². The summed E-state index contributed by atoms with van der Waals surface area (Å²) in [5.74, 6) is 0. The standard InChI is InChI=1S/C17H36N2/c1-8-17(6)9-11-19(12-10-17)16(4,5)13-15(2,3)14-18-7/h18H,8-14H2,1-7H3. The Morgan fingerprint density at radius 2 is 1.63 bits per heavy atom. The predicted octanol–water partition coefficient (Wildman–Crippen LogP) is 3.91. The van der Waals surface area contributed by atoms with E-state index in [1.807, 2.05) is 0 Å². The number of nitrogens with one attached hydrogen (secondary N) is 1. The van der Waals surface area contributed by atoms with E-state index in [4.69, 9.17) is 0 Å². The lowest BCUT2D eigenvalue weighted by molar-refractivity contribution is 0.0158. The third-order valence-electron chi connectivity index (χ3n) is 5.25. The topological polar surface area (TPSA) is 15.3 Å². The molecule has 114 valence electrons. The summed E-state index contributed by atoms with van der Waals surface area (Å²) in [6.45, 7) is 18.1. The van der Waals surface area contributed by atoms with Crippen LogP contribution in [0.3, 0.4) is 0 Å². The average Bonchev–Trinajstić information content (AvgIpc) is 2.28. The molecule has 0 spiro atoms. The minimum atomic E-state index is 0.315. The zero-order chi connectivity index (χ0) is 14.7. The fourth-order valence-electron chi connectivity index (χ4n) is 3.83. The van der Waals surface area contributed by atoms with Crippen molar-refractivity contribution in [3.63, 3.8) is 0 Å². The fourth-order valence-corrected chi connectivity index (χ4v) is 3.83. The van der Waals surface area contributed by atoms with Crippen LogP contribution in [0.2, 0.25) is 0 Å². The van der Waals surface area contributed by atoms with Crippen molar-refractivity contribution in [1.82, 2.24) is 10.2 Å². The highest BCUT2D eigenvalue weighted by Crippen LogP contribution is 2.39. The molecular formula is C17H36N2. The smallest absolute Gasteiger partial charge is 0.0158 e. The zero-order valence-electron chi connectivity index (χ0n) is 14.4. The first-order chi connectivity index (χ1) is 8.64. The first-order valence-corrected chi connectivity index (χ1v) is 8.04. The van der Waals surface area contributed by atoms with Gasteiger partial charge >= 0.3 is 0 Å². The van der Waals surface area contributed by atoms with Crippen LogP contribution < -0.4 is 5.32 Å². The van der Waals surface area contributed by atoms with Gasteiger partial charge in [0.05, 0.1) is 0 Å². The summed E-state index contributed by atoms with van der Waals surface area (Å²) in [5, 5.41) is 3.34. The number of hydrogen-bond acceptors (Lipinski definition) is 2. The third kappa shape index (κ3) is 4.75. The molecule has 19 heavy (non-hydrogen) atoms. The van der Waals surface area contributed by atoms with E-state index < -0.39 is 0 Å². The van der Waals surface area contributed by atoms with Crippen molar-refractivity contribution in [2.75, 3.05) is 26.7 Å². The van der Waals surface area contributed by atoms with Crippen molar-refractivity contribution < 1.29 is 0 Å². The molecule has 0 aromatic rings. The molecule has 0 unspecified atom stereocenters. The number of likely N-dealkylation sites (tertiary alicyclic amines) is 1. The summed E-state index contributed by atoms with van der Waals surface area (Å²) in [4.78, 5) is 2.72. The second kappa shape index (κ2) is 6.13. The molecule has 1 aliphatic rings. The monoisotopic (exact) mass is 268 g/mol. The predicted molar refractivity (Wildman–Crippen MR) is 85.6 cm³/mol. The molecule has 2 heteroatoms. The molecule has 2 nitrogen and oxygen atoms in total. The highest BCUT2D eigenvalue weighted by Gasteiger charge is 2.37. The van der Waals surface area contributed by atoms with E-state index in [0.717, 1.165) is 6.54 Å². The van der Waals surface area contributed by atoms with Crippen molar-refractivity contribution in [2.24, 2.45) is 10.8 Å². The average molecular weight is 268 g/mol. The lowest BCUT2D eigenvalue weighted by Crippen LogP contribution is -2.52. The van der Waals surface area contributed by atoms with E-state index in [9.17, 15) is 0 Å². The maximum absolute atomic E-state index is 3.34. The van der Waals surface area contributed by atoms with Gasteiger partial charge in [0.15, 0.2) is 0 Å². The summed E-state index contributed by atoms with van der Waals surface area (Å²) in [6.07, 6.45) is 5.30. The van der Waals surface area contributed by atoms with Crippen molar-refractivity contribution in [1.29, 1.82) is 0 Å². The van der Waals surface area contributed by atoms with E-state index in [1.54, 1.807) is 0 Å². The summed E-state index contributed by atoms with van der Waals surface area (Å²) in [5.41, 5.74) is 1.27. The molecule has 0 amide bonds. The minimum absolute atomic E-state index is 0.315. The number of hydrogen-bond donors (Lipinski definition) is 1. The summed E-state index contributed by atoms with van der Waals surface area (Å²) in [6, 6.07) is 0. The van der Waals surface area contributed by atoms with Crippen molar-refractivity contribution >= 4 is 0 Å². The molecule has 1 saturated heterocycles. The van der Waals surface area contributed by atoms with Gasteiger partial charge in [-0.25, -0.2) is 0 Å². The summed E-state index contributed by atoms with van der Waals surface area (Å²) >= 11 is 0. The molecule has 0 radical (unpaired) electrons. The van der Waals surface area contributed by atoms with Crippen LogP contribution in [0, 0.1) is 10.8 Å². The van der Waals surface area contributed by atoms with Gasteiger partial charge in [-0.05, 0) is 64.1 Å². The quantitative estimate of drug-likeness (QED) is 0.785. The largest absolute Gasteiger partial charge is 0.319 e. The van der Waals surface area contributed by atoms with Crippen molar-refractivity contribution in [2.45, 2.75) is 72.8 Å². The Morgan fingerprint density at radius 1 is 1.11 bits per heavy atom. The van der Waals surface area contributed by atoms with Crippen LogP contribution in [0.4, 0.5) is 0 Å². The number of rotatable bonds is 6. The minimum Gasteiger partial charge on any atom is -0.319 e. The van der Waals surface area contributed by atoms with Crippen LogP contribution in [-0.2, 0) is 0 Å². The van der Waals surface area contributed by atoms with E-state index in [2.05, 4.69) is 58.8 Å². The molecular weight excluding hydrogens is 232 g/mol. The van der Waals surface area contributed by atoms with Crippen LogP contribution >= 0.6 is 0 Å². The Hall–Kier alpha value is -0.0800. The molecule has 0 aromatic heterocycles. The number of nitrogens with zero attached hydrogens (tertiary/aromatic N) is 1. The van der Waals surface area contributed by atoms with Crippen molar-refractivity contribution in [3.05, 3.63) is 0 Å². The highest BCUT2D eigenvalue weighted by molar-refractivity contribution is 4.92. The SMILES string of the molecule is CCC1(C)CCN(C(C)(C)CC(C)(C)CNC)CC1. The van der Waals surface area contributed by atoms with Gasteiger partial charge in [0, 0.05) is 12.1 Å². The molecule has 1 fully saturated rings. The third-order valence-corrected chi connectivity index (χ3v) is 5.25. The lowest BCUT2D eigenvalue weighted by Gasteiger charge is -2.49. The van der Waals surface area contributed by atoms with Crippen LogP contribution in [0.1, 0.15) is 67.2 Å². The molecule has 1 rings (SSSR count). The molecule has 0 bridgehead atoms. The normalized spacial score (nSPS) is 21.6. The maximum Gasteiger partial charge on any atom is 0.0158 e. The first kappa shape index (κ1) is 17.0. The Balaban J connectivity index is 2.59. The second-order valence-corrected chi connectivity index (χ2v) is 8.34. The van der Waals surface area contributed by atoms with Crippen molar-refractivity contribution in [3.8, 4) is 0 Å². The van der Waals surface area contributed by atoms with Crippen LogP contribution in [0.5, 0.6) is 0 Å². The Kier molecular flexibility index (Phi) is 5.48. The second-order valence-electron chi connectivity index (χ2n) is 8.34. The molecule has 0 atom stereocenters. The molecule has 0 aromatic carbocycles. The van der Waals surface area contributed by atoms with E-state index in [0.29, 0.717) is 16.4 Å². The molecule has 0 saturated carbocycles. The maximum atomic E-state index is 3.34. The van der Waals surface area contributed by atoms with Gasteiger partial charge in [-0.2, -0.15) is 0 Å². The van der Waals surface area contributed by atoms with Crippen LogP contribution in [0.15, 0.2) is 0 Å². The van der Waals surface area contributed by atoms with E-state index in [1.165, 1.54) is 38.8 Å². The molecule has 1 N–H and O–H groups in total. The number of piperidine rings is 1. The molecule has 1 heterocycles. The first-order valence-electron chi connectivity index (χ1n) is 8.04. The van der Waals surface area contributed by atoms with Gasteiger partial charge in [-0.15, -0.1) is 0 Å². The zero-order valence-corrected chi connectivity index (χ0v) is 14.4. The Bertz CT molecular complexity index is 273. The highest BCUT2D eigenvalue weighted by atomic mass is 15.2. The molecule has 1 aliphatic heterocycles. The van der Waals surface area contributed by atoms with E-state index in [-0.39, 0.29) is 0 Å². The lowest BCUT2D eigenvalue weighted by atomic mass is 9.74. The van der Waals surface area contributed by atoms with Crippen LogP contribution in [0.25, 0.3) is 0 Å². The summed E-state index contributed by atoms with van der Waals surface area (Å²) in [7, 11) is 2.06. The Morgan fingerprint density at radius 3 is 2.05 bits per heavy atom.